The van der Waals surface area contributed by atoms with Crippen LogP contribution in [0.1, 0.15) is 39.8 Å². The molecule has 0 aliphatic carbocycles. The molecule has 1 aromatic carbocycles. The molecule has 0 saturated heterocycles. The molecule has 1 N–H and O–H groups in total. The SMILES string of the molecule is CCCNC(Cc1ncnc2ccccc12)C(C)(C)C. The summed E-state index contributed by atoms with van der Waals surface area (Å²) in [5, 5.41) is 4.83. The van der Waals surface area contributed by atoms with E-state index in [4.69, 9.17) is 0 Å². The van der Waals surface area contributed by atoms with Crippen LogP contribution in [-0.4, -0.2) is 22.6 Å². The summed E-state index contributed by atoms with van der Waals surface area (Å²) in [5.74, 6) is 0. The summed E-state index contributed by atoms with van der Waals surface area (Å²) in [7, 11) is 0. The number of aromatic nitrogens is 2. The molecule has 20 heavy (non-hydrogen) atoms. The molecule has 3 nitrogen and oxygen atoms in total. The number of benzene rings is 1. The molecule has 0 bridgehead atoms. The van der Waals surface area contributed by atoms with Gasteiger partial charge in [0.05, 0.1) is 11.2 Å². The molecule has 2 rings (SSSR count). The van der Waals surface area contributed by atoms with Gasteiger partial charge in [-0.05, 0) is 24.4 Å². The van der Waals surface area contributed by atoms with Gasteiger partial charge in [0.1, 0.15) is 6.33 Å². The van der Waals surface area contributed by atoms with Crippen molar-refractivity contribution in [3.8, 4) is 0 Å². The van der Waals surface area contributed by atoms with Crippen LogP contribution in [0.15, 0.2) is 30.6 Å². The first-order valence-corrected chi connectivity index (χ1v) is 7.44. The van der Waals surface area contributed by atoms with Crippen LogP contribution in [0.25, 0.3) is 10.9 Å². The lowest BCUT2D eigenvalue weighted by Crippen LogP contribution is -2.42. The summed E-state index contributed by atoms with van der Waals surface area (Å²) in [4.78, 5) is 8.86. The maximum absolute atomic E-state index is 4.52. The Morgan fingerprint density at radius 2 is 1.90 bits per heavy atom. The third-order valence-corrected chi connectivity index (χ3v) is 3.71. The van der Waals surface area contributed by atoms with E-state index in [1.807, 2.05) is 12.1 Å². The van der Waals surface area contributed by atoms with Gasteiger partial charge in [0, 0.05) is 17.8 Å². The standard InChI is InChI=1S/C17H25N3/c1-5-10-18-16(17(2,3)4)11-15-13-8-6-7-9-14(13)19-12-20-15/h6-9,12,16,18H,5,10-11H2,1-4H3. The minimum absolute atomic E-state index is 0.210. The first kappa shape index (κ1) is 14.9. The van der Waals surface area contributed by atoms with E-state index in [0.29, 0.717) is 6.04 Å². The van der Waals surface area contributed by atoms with Crippen LogP contribution in [0.2, 0.25) is 0 Å². The normalized spacial score (nSPS) is 13.6. The lowest BCUT2D eigenvalue weighted by molar-refractivity contribution is 0.266. The van der Waals surface area contributed by atoms with Gasteiger partial charge >= 0.3 is 0 Å². The van der Waals surface area contributed by atoms with Gasteiger partial charge in [0.15, 0.2) is 0 Å². The van der Waals surface area contributed by atoms with Crippen LogP contribution >= 0.6 is 0 Å². The van der Waals surface area contributed by atoms with E-state index in [-0.39, 0.29) is 5.41 Å². The van der Waals surface area contributed by atoms with Gasteiger partial charge in [-0.1, -0.05) is 45.9 Å². The van der Waals surface area contributed by atoms with E-state index in [1.165, 1.54) is 5.39 Å². The second kappa shape index (κ2) is 6.31. The summed E-state index contributed by atoms with van der Waals surface area (Å²) in [5.41, 5.74) is 2.38. The Morgan fingerprint density at radius 1 is 1.15 bits per heavy atom. The Morgan fingerprint density at radius 3 is 2.60 bits per heavy atom. The molecule has 1 unspecified atom stereocenters. The Hall–Kier alpha value is -1.48. The van der Waals surface area contributed by atoms with Crippen molar-refractivity contribution >= 4 is 10.9 Å². The maximum Gasteiger partial charge on any atom is 0.116 e. The van der Waals surface area contributed by atoms with Crippen molar-refractivity contribution in [2.45, 2.75) is 46.6 Å². The second-order valence-electron chi connectivity index (χ2n) is 6.41. The fourth-order valence-corrected chi connectivity index (χ4v) is 2.42. The number of nitrogens with zero attached hydrogens (tertiary/aromatic N) is 2. The number of hydrogen-bond acceptors (Lipinski definition) is 3. The van der Waals surface area contributed by atoms with E-state index in [0.717, 1.165) is 30.6 Å². The van der Waals surface area contributed by atoms with Crippen LogP contribution < -0.4 is 5.32 Å². The molecule has 0 fully saturated rings. The molecule has 0 aliphatic rings. The van der Waals surface area contributed by atoms with E-state index in [2.05, 4.69) is 55.1 Å². The Balaban J connectivity index is 2.28. The van der Waals surface area contributed by atoms with Crippen molar-refractivity contribution in [1.82, 2.24) is 15.3 Å². The highest BCUT2D eigenvalue weighted by Crippen LogP contribution is 2.24. The maximum atomic E-state index is 4.52. The highest BCUT2D eigenvalue weighted by Gasteiger charge is 2.25. The van der Waals surface area contributed by atoms with Crippen LogP contribution in [0.4, 0.5) is 0 Å². The molecule has 3 heteroatoms. The van der Waals surface area contributed by atoms with Gasteiger partial charge in [0.25, 0.3) is 0 Å². The van der Waals surface area contributed by atoms with E-state index >= 15 is 0 Å². The van der Waals surface area contributed by atoms with E-state index in [1.54, 1.807) is 6.33 Å². The van der Waals surface area contributed by atoms with E-state index in [9.17, 15) is 0 Å². The Bertz CT molecular complexity index is 552. The number of fused-ring (bicyclic) bond motifs is 1. The van der Waals surface area contributed by atoms with Crippen molar-refractivity contribution in [3.05, 3.63) is 36.3 Å². The largest absolute Gasteiger partial charge is 0.313 e. The third-order valence-electron chi connectivity index (χ3n) is 3.71. The van der Waals surface area contributed by atoms with Crippen molar-refractivity contribution in [1.29, 1.82) is 0 Å². The number of rotatable bonds is 5. The molecule has 0 spiro atoms. The molecular formula is C17H25N3. The molecule has 108 valence electrons. The zero-order chi connectivity index (χ0) is 14.6. The minimum atomic E-state index is 0.210. The quantitative estimate of drug-likeness (QED) is 0.903. The van der Waals surface area contributed by atoms with Crippen molar-refractivity contribution in [3.63, 3.8) is 0 Å². The number of hydrogen-bond donors (Lipinski definition) is 1. The van der Waals surface area contributed by atoms with Crippen molar-refractivity contribution in [2.24, 2.45) is 5.41 Å². The van der Waals surface area contributed by atoms with Crippen LogP contribution in [0, 0.1) is 5.41 Å². The fourth-order valence-electron chi connectivity index (χ4n) is 2.42. The van der Waals surface area contributed by atoms with Gasteiger partial charge in [-0.2, -0.15) is 0 Å². The molecule has 0 amide bonds. The molecule has 2 aromatic rings. The summed E-state index contributed by atoms with van der Waals surface area (Å²) >= 11 is 0. The van der Waals surface area contributed by atoms with Gasteiger partial charge < -0.3 is 5.32 Å². The minimum Gasteiger partial charge on any atom is -0.313 e. The van der Waals surface area contributed by atoms with Gasteiger partial charge in [-0.15, -0.1) is 0 Å². The first-order chi connectivity index (χ1) is 9.52. The smallest absolute Gasteiger partial charge is 0.116 e. The highest BCUT2D eigenvalue weighted by atomic mass is 14.9. The molecular weight excluding hydrogens is 246 g/mol. The summed E-state index contributed by atoms with van der Waals surface area (Å²) < 4.78 is 0. The topological polar surface area (TPSA) is 37.8 Å². The lowest BCUT2D eigenvalue weighted by atomic mass is 9.83. The van der Waals surface area contributed by atoms with Crippen molar-refractivity contribution < 1.29 is 0 Å². The lowest BCUT2D eigenvalue weighted by Gasteiger charge is -2.31. The van der Waals surface area contributed by atoms with Gasteiger partial charge in [0.2, 0.25) is 0 Å². The zero-order valence-electron chi connectivity index (χ0n) is 13.0. The molecule has 1 atom stereocenters. The summed E-state index contributed by atoms with van der Waals surface area (Å²) in [6.07, 6.45) is 3.76. The van der Waals surface area contributed by atoms with Crippen LogP contribution in [-0.2, 0) is 6.42 Å². The Kier molecular flexibility index (Phi) is 4.71. The third kappa shape index (κ3) is 3.54. The molecule has 1 aromatic heterocycles. The van der Waals surface area contributed by atoms with Crippen molar-refractivity contribution in [2.75, 3.05) is 6.54 Å². The van der Waals surface area contributed by atoms with Gasteiger partial charge in [-0.3, -0.25) is 0 Å². The number of para-hydroxylation sites is 1. The van der Waals surface area contributed by atoms with E-state index < -0.39 is 0 Å². The van der Waals surface area contributed by atoms with Crippen LogP contribution in [0.5, 0.6) is 0 Å². The molecule has 1 heterocycles. The average Bonchev–Trinajstić information content (AvgIpc) is 2.42. The number of nitrogens with one attached hydrogen (secondary N) is 1. The van der Waals surface area contributed by atoms with Crippen LogP contribution in [0.3, 0.4) is 0 Å². The molecule has 0 saturated carbocycles. The average molecular weight is 271 g/mol. The monoisotopic (exact) mass is 271 g/mol. The highest BCUT2D eigenvalue weighted by molar-refractivity contribution is 5.80. The van der Waals surface area contributed by atoms with Gasteiger partial charge in [-0.25, -0.2) is 9.97 Å². The molecule has 0 radical (unpaired) electrons. The predicted molar refractivity (Wildman–Crippen MR) is 84.8 cm³/mol. The molecule has 0 aliphatic heterocycles. The summed E-state index contributed by atoms with van der Waals surface area (Å²) in [6, 6.07) is 8.66. The Labute approximate surface area is 121 Å². The first-order valence-electron chi connectivity index (χ1n) is 7.44. The fraction of sp³-hybridized carbons (Fsp3) is 0.529. The second-order valence-corrected chi connectivity index (χ2v) is 6.41. The summed E-state index contributed by atoms with van der Waals surface area (Å²) in [6.45, 7) is 10.1. The zero-order valence-corrected chi connectivity index (χ0v) is 13.0. The predicted octanol–water partition coefficient (Wildman–Crippen LogP) is 3.59.